The molecule has 1 N–H and O–H groups in total. The number of benzene rings is 3. The number of carbonyl (C=O) groups excluding carboxylic acids is 2. The van der Waals surface area contributed by atoms with Crippen LogP contribution in [-0.2, 0) is 10.5 Å². The van der Waals surface area contributed by atoms with Crippen LogP contribution in [0.25, 0.3) is 0 Å². The SMILES string of the molecule is Cc1ccc(N2C(=O)c3ccccc3N[C@]2(C(=O)[O-])c2ccccc2)cc1Cl. The molecule has 28 heavy (non-hydrogen) atoms. The fourth-order valence-electron chi connectivity index (χ4n) is 3.47. The molecular weight excluding hydrogens is 376 g/mol. The van der Waals surface area contributed by atoms with Gasteiger partial charge in [-0.2, -0.15) is 0 Å². The van der Waals surface area contributed by atoms with Crippen LogP contribution in [0.2, 0.25) is 5.02 Å². The Morgan fingerprint density at radius 2 is 1.71 bits per heavy atom. The minimum Gasteiger partial charge on any atom is -0.545 e. The maximum absolute atomic E-state index is 13.5. The Kier molecular flexibility index (Phi) is 4.32. The molecule has 1 atom stereocenters. The van der Waals surface area contributed by atoms with Gasteiger partial charge in [-0.1, -0.05) is 60.1 Å². The molecule has 0 bridgehead atoms. The van der Waals surface area contributed by atoms with Gasteiger partial charge in [-0.15, -0.1) is 0 Å². The second-order valence-electron chi connectivity index (χ2n) is 6.61. The molecule has 0 saturated carbocycles. The molecule has 1 amide bonds. The normalized spacial score (nSPS) is 18.4. The summed E-state index contributed by atoms with van der Waals surface area (Å²) >= 11 is 6.28. The third kappa shape index (κ3) is 2.63. The molecule has 1 heterocycles. The van der Waals surface area contributed by atoms with Gasteiger partial charge in [0.15, 0.2) is 5.66 Å². The Balaban J connectivity index is 2.04. The van der Waals surface area contributed by atoms with Crippen molar-refractivity contribution in [2.45, 2.75) is 12.6 Å². The molecular formula is C22H16ClN2O3-. The molecule has 1 aliphatic rings. The zero-order chi connectivity index (χ0) is 19.9. The smallest absolute Gasteiger partial charge is 0.262 e. The van der Waals surface area contributed by atoms with E-state index < -0.39 is 17.5 Å². The number of hydrogen-bond donors (Lipinski definition) is 1. The lowest BCUT2D eigenvalue weighted by molar-refractivity contribution is -0.312. The quantitative estimate of drug-likeness (QED) is 0.743. The number of para-hydroxylation sites is 1. The topological polar surface area (TPSA) is 72.5 Å². The van der Waals surface area contributed by atoms with Gasteiger partial charge in [-0.25, -0.2) is 0 Å². The van der Waals surface area contributed by atoms with Crippen molar-refractivity contribution in [1.29, 1.82) is 0 Å². The summed E-state index contributed by atoms with van der Waals surface area (Å²) in [5.41, 5.74) is 0.417. The molecule has 0 aromatic heterocycles. The van der Waals surface area contributed by atoms with Crippen LogP contribution < -0.4 is 15.3 Å². The van der Waals surface area contributed by atoms with Crippen LogP contribution in [-0.4, -0.2) is 11.9 Å². The Hall–Kier alpha value is -3.31. The Bertz CT molecular complexity index is 1080. The van der Waals surface area contributed by atoms with Crippen LogP contribution in [0.1, 0.15) is 21.5 Å². The summed E-state index contributed by atoms with van der Waals surface area (Å²) < 4.78 is 0. The van der Waals surface area contributed by atoms with Crippen LogP contribution in [0.3, 0.4) is 0 Å². The van der Waals surface area contributed by atoms with Crippen molar-refractivity contribution in [3.8, 4) is 0 Å². The number of aliphatic carboxylic acids is 1. The van der Waals surface area contributed by atoms with Crippen LogP contribution in [0.5, 0.6) is 0 Å². The summed E-state index contributed by atoms with van der Waals surface area (Å²) in [6.45, 7) is 1.83. The first-order chi connectivity index (χ1) is 13.4. The molecule has 1 aliphatic heterocycles. The second kappa shape index (κ2) is 6.69. The van der Waals surface area contributed by atoms with Crippen molar-refractivity contribution >= 4 is 34.9 Å². The number of carboxylic acid groups (broad SMARTS) is 1. The standard InChI is InChI=1S/C22H17ClN2O3/c1-14-11-12-16(13-18(14)23)25-20(26)17-9-5-6-10-19(17)24-22(25,21(27)28)15-7-3-2-4-8-15/h2-13,24H,1H3,(H,27,28)/p-1/t22-/m1/s1. The number of carboxylic acids is 1. The number of aryl methyl sites for hydroxylation is 1. The van der Waals surface area contributed by atoms with Gasteiger partial charge >= 0.3 is 0 Å². The first-order valence-electron chi connectivity index (χ1n) is 8.70. The summed E-state index contributed by atoms with van der Waals surface area (Å²) in [6.07, 6.45) is 0. The fraction of sp³-hybridized carbons (Fsp3) is 0.0909. The van der Waals surface area contributed by atoms with Gasteiger partial charge in [0.2, 0.25) is 0 Å². The Morgan fingerprint density at radius 3 is 2.39 bits per heavy atom. The van der Waals surface area contributed by atoms with E-state index in [1.54, 1.807) is 72.8 Å². The van der Waals surface area contributed by atoms with Crippen LogP contribution in [0.15, 0.2) is 72.8 Å². The predicted octanol–water partition coefficient (Wildman–Crippen LogP) is 3.32. The van der Waals surface area contributed by atoms with Crippen molar-refractivity contribution in [3.63, 3.8) is 0 Å². The largest absolute Gasteiger partial charge is 0.545 e. The van der Waals surface area contributed by atoms with E-state index in [0.29, 0.717) is 27.5 Å². The summed E-state index contributed by atoms with van der Waals surface area (Å²) in [5.74, 6) is -1.90. The number of carbonyl (C=O) groups is 2. The third-order valence-corrected chi connectivity index (χ3v) is 5.32. The second-order valence-corrected chi connectivity index (χ2v) is 7.02. The highest BCUT2D eigenvalue weighted by molar-refractivity contribution is 6.31. The highest BCUT2D eigenvalue weighted by Crippen LogP contribution is 2.41. The van der Waals surface area contributed by atoms with E-state index in [0.717, 1.165) is 5.56 Å². The monoisotopic (exact) mass is 391 g/mol. The molecule has 5 nitrogen and oxygen atoms in total. The molecule has 4 rings (SSSR count). The first kappa shape index (κ1) is 18.1. The van der Waals surface area contributed by atoms with E-state index in [9.17, 15) is 14.7 Å². The van der Waals surface area contributed by atoms with Gasteiger partial charge in [0.1, 0.15) is 0 Å². The number of nitrogens with zero attached hydrogens (tertiary/aromatic N) is 1. The zero-order valence-corrected chi connectivity index (χ0v) is 15.7. The lowest BCUT2D eigenvalue weighted by Gasteiger charge is -2.49. The van der Waals surface area contributed by atoms with E-state index in [1.807, 2.05) is 6.92 Å². The number of hydrogen-bond acceptors (Lipinski definition) is 4. The number of halogens is 1. The highest BCUT2D eigenvalue weighted by atomic mass is 35.5. The van der Waals surface area contributed by atoms with Crippen molar-refractivity contribution in [1.82, 2.24) is 0 Å². The van der Waals surface area contributed by atoms with Crippen molar-refractivity contribution in [3.05, 3.63) is 94.5 Å². The van der Waals surface area contributed by atoms with Gasteiger partial charge < -0.3 is 15.2 Å². The zero-order valence-electron chi connectivity index (χ0n) is 15.0. The van der Waals surface area contributed by atoms with Crippen LogP contribution in [0.4, 0.5) is 11.4 Å². The lowest BCUT2D eigenvalue weighted by Crippen LogP contribution is -2.66. The third-order valence-electron chi connectivity index (χ3n) is 4.91. The molecule has 0 fully saturated rings. The maximum Gasteiger partial charge on any atom is 0.262 e. The van der Waals surface area contributed by atoms with Crippen LogP contribution >= 0.6 is 11.6 Å². The number of nitrogens with one attached hydrogen (secondary N) is 1. The minimum atomic E-state index is -1.93. The molecule has 0 saturated heterocycles. The molecule has 0 aliphatic carbocycles. The highest BCUT2D eigenvalue weighted by Gasteiger charge is 2.48. The molecule has 3 aromatic rings. The average Bonchev–Trinajstić information content (AvgIpc) is 2.70. The van der Waals surface area contributed by atoms with E-state index in [2.05, 4.69) is 5.32 Å². The van der Waals surface area contributed by atoms with Crippen LogP contribution in [0, 0.1) is 6.92 Å². The summed E-state index contributed by atoms with van der Waals surface area (Å²) in [4.78, 5) is 27.2. The van der Waals surface area contributed by atoms with Gasteiger partial charge in [0, 0.05) is 22.0 Å². The summed E-state index contributed by atoms with van der Waals surface area (Å²) in [5, 5.41) is 16.0. The Labute approximate surface area is 167 Å². The van der Waals surface area contributed by atoms with Crippen molar-refractivity contribution in [2.24, 2.45) is 0 Å². The maximum atomic E-state index is 13.5. The first-order valence-corrected chi connectivity index (χ1v) is 9.08. The van der Waals surface area contributed by atoms with Gasteiger partial charge in [-0.05, 0) is 36.8 Å². The van der Waals surface area contributed by atoms with E-state index >= 15 is 0 Å². The molecule has 0 radical (unpaired) electrons. The Morgan fingerprint density at radius 1 is 1.04 bits per heavy atom. The van der Waals surface area contributed by atoms with Crippen molar-refractivity contribution < 1.29 is 14.7 Å². The molecule has 0 spiro atoms. The number of amides is 1. The molecule has 0 unspecified atom stereocenters. The fourth-order valence-corrected chi connectivity index (χ4v) is 3.65. The van der Waals surface area contributed by atoms with Crippen molar-refractivity contribution in [2.75, 3.05) is 10.2 Å². The van der Waals surface area contributed by atoms with Gasteiger partial charge in [-0.3, -0.25) is 9.69 Å². The number of fused-ring (bicyclic) bond motifs is 1. The molecule has 3 aromatic carbocycles. The van der Waals surface area contributed by atoms with E-state index in [4.69, 9.17) is 11.6 Å². The molecule has 140 valence electrons. The predicted molar refractivity (Wildman–Crippen MR) is 106 cm³/mol. The van der Waals surface area contributed by atoms with E-state index in [-0.39, 0.29) is 0 Å². The van der Waals surface area contributed by atoms with Gasteiger partial charge in [0.25, 0.3) is 5.91 Å². The summed E-state index contributed by atoms with van der Waals surface area (Å²) in [7, 11) is 0. The number of anilines is 2. The lowest BCUT2D eigenvalue weighted by atomic mass is 9.91. The van der Waals surface area contributed by atoms with Gasteiger partial charge in [0.05, 0.1) is 11.5 Å². The minimum absolute atomic E-state index is 0.357. The molecule has 6 heteroatoms. The average molecular weight is 392 g/mol. The summed E-state index contributed by atoms with van der Waals surface area (Å²) in [6, 6.07) is 20.3. The van der Waals surface area contributed by atoms with E-state index in [1.165, 1.54) is 4.90 Å². The number of rotatable bonds is 3.